The molecule has 0 radical (unpaired) electrons. The summed E-state index contributed by atoms with van der Waals surface area (Å²) in [7, 11) is 0. The van der Waals surface area contributed by atoms with E-state index in [9.17, 15) is 4.39 Å². The Morgan fingerprint density at radius 2 is 1.82 bits per heavy atom. The summed E-state index contributed by atoms with van der Waals surface area (Å²) < 4.78 is 12.9. The lowest BCUT2D eigenvalue weighted by Crippen LogP contribution is -1.99. The van der Waals surface area contributed by atoms with Crippen molar-refractivity contribution in [3.63, 3.8) is 0 Å². The van der Waals surface area contributed by atoms with Crippen molar-refractivity contribution in [2.45, 2.75) is 18.8 Å². The molecular formula is C13H12FN3. The van der Waals surface area contributed by atoms with Crippen molar-refractivity contribution in [2.75, 3.05) is 5.73 Å². The van der Waals surface area contributed by atoms with E-state index in [2.05, 4.69) is 10.2 Å². The number of nitrogens with zero attached hydrogens (tertiary/aromatic N) is 2. The minimum absolute atomic E-state index is 0.253. The van der Waals surface area contributed by atoms with Crippen molar-refractivity contribution in [1.29, 1.82) is 0 Å². The monoisotopic (exact) mass is 229 g/mol. The highest BCUT2D eigenvalue weighted by Gasteiger charge is 2.26. The van der Waals surface area contributed by atoms with E-state index in [1.54, 1.807) is 12.1 Å². The number of halogens is 1. The molecule has 0 amide bonds. The number of nitrogen functional groups attached to an aromatic ring is 1. The molecule has 1 heterocycles. The highest BCUT2D eigenvalue weighted by Crippen LogP contribution is 2.40. The molecular weight excluding hydrogens is 217 g/mol. The van der Waals surface area contributed by atoms with E-state index in [1.165, 1.54) is 25.0 Å². The second-order valence-electron chi connectivity index (χ2n) is 4.35. The Hall–Kier alpha value is -1.97. The van der Waals surface area contributed by atoms with Gasteiger partial charge < -0.3 is 5.73 Å². The number of aromatic nitrogens is 2. The Bertz CT molecular complexity index is 547. The van der Waals surface area contributed by atoms with E-state index < -0.39 is 0 Å². The minimum Gasteiger partial charge on any atom is -0.382 e. The molecule has 0 unspecified atom stereocenters. The summed E-state index contributed by atoms with van der Waals surface area (Å²) in [4.78, 5) is 0. The van der Waals surface area contributed by atoms with Crippen LogP contribution in [-0.4, -0.2) is 10.2 Å². The predicted octanol–water partition coefficient (Wildman–Crippen LogP) is 2.74. The highest BCUT2D eigenvalue weighted by molar-refractivity contribution is 5.73. The standard InChI is InChI=1S/C13H12FN3/c14-10-5-3-8(4-6-10)11-7-12(9-1-2-9)16-17-13(11)15/h3-7,9H,1-2H2,(H2,15,17). The fraction of sp³-hybridized carbons (Fsp3) is 0.231. The molecule has 1 aliphatic rings. The van der Waals surface area contributed by atoms with Gasteiger partial charge in [0.2, 0.25) is 0 Å². The number of nitrogens with two attached hydrogens (primary N) is 1. The first kappa shape index (κ1) is 10.2. The van der Waals surface area contributed by atoms with Crippen molar-refractivity contribution in [3.05, 3.63) is 41.8 Å². The van der Waals surface area contributed by atoms with Gasteiger partial charge in [0, 0.05) is 11.5 Å². The van der Waals surface area contributed by atoms with Gasteiger partial charge >= 0.3 is 0 Å². The smallest absolute Gasteiger partial charge is 0.153 e. The average Bonchev–Trinajstić information content (AvgIpc) is 3.15. The summed E-state index contributed by atoms with van der Waals surface area (Å²) in [6.45, 7) is 0. The highest BCUT2D eigenvalue weighted by atomic mass is 19.1. The van der Waals surface area contributed by atoms with Crippen LogP contribution in [0.15, 0.2) is 30.3 Å². The molecule has 0 aliphatic heterocycles. The van der Waals surface area contributed by atoms with Gasteiger partial charge in [-0.05, 0) is 36.6 Å². The molecule has 1 saturated carbocycles. The lowest BCUT2D eigenvalue weighted by Gasteiger charge is -2.06. The second-order valence-corrected chi connectivity index (χ2v) is 4.35. The van der Waals surface area contributed by atoms with Crippen LogP contribution in [0.1, 0.15) is 24.5 Å². The van der Waals surface area contributed by atoms with E-state index in [0.717, 1.165) is 16.8 Å². The van der Waals surface area contributed by atoms with Crippen LogP contribution in [0.5, 0.6) is 0 Å². The van der Waals surface area contributed by atoms with Crippen molar-refractivity contribution in [1.82, 2.24) is 10.2 Å². The van der Waals surface area contributed by atoms with Gasteiger partial charge in [0.1, 0.15) is 5.82 Å². The zero-order valence-electron chi connectivity index (χ0n) is 9.23. The molecule has 0 spiro atoms. The van der Waals surface area contributed by atoms with Gasteiger partial charge in [-0.1, -0.05) is 12.1 Å². The van der Waals surface area contributed by atoms with Gasteiger partial charge in [0.25, 0.3) is 0 Å². The zero-order valence-corrected chi connectivity index (χ0v) is 9.23. The average molecular weight is 229 g/mol. The molecule has 86 valence electrons. The maximum absolute atomic E-state index is 12.9. The molecule has 0 atom stereocenters. The number of hydrogen-bond acceptors (Lipinski definition) is 3. The Labute approximate surface area is 98.5 Å². The lowest BCUT2D eigenvalue weighted by atomic mass is 10.1. The predicted molar refractivity (Wildman–Crippen MR) is 63.8 cm³/mol. The van der Waals surface area contributed by atoms with Crippen molar-refractivity contribution in [3.8, 4) is 11.1 Å². The molecule has 2 N–H and O–H groups in total. The fourth-order valence-corrected chi connectivity index (χ4v) is 1.86. The fourth-order valence-electron chi connectivity index (χ4n) is 1.86. The number of rotatable bonds is 2. The van der Waals surface area contributed by atoms with Gasteiger partial charge in [-0.2, -0.15) is 5.10 Å². The third kappa shape index (κ3) is 1.98. The van der Waals surface area contributed by atoms with E-state index in [-0.39, 0.29) is 5.82 Å². The van der Waals surface area contributed by atoms with Gasteiger partial charge in [-0.15, -0.1) is 5.10 Å². The van der Waals surface area contributed by atoms with Crippen LogP contribution in [-0.2, 0) is 0 Å². The summed E-state index contributed by atoms with van der Waals surface area (Å²) in [6.07, 6.45) is 2.34. The number of anilines is 1. The summed E-state index contributed by atoms with van der Waals surface area (Å²) in [5.74, 6) is 0.667. The Balaban J connectivity index is 2.05. The van der Waals surface area contributed by atoms with Crippen LogP contribution in [0.25, 0.3) is 11.1 Å². The molecule has 1 aromatic carbocycles. The van der Waals surface area contributed by atoms with Crippen molar-refractivity contribution in [2.24, 2.45) is 0 Å². The van der Waals surface area contributed by atoms with Crippen molar-refractivity contribution >= 4 is 5.82 Å². The molecule has 1 aliphatic carbocycles. The third-order valence-corrected chi connectivity index (χ3v) is 2.99. The molecule has 0 bridgehead atoms. The quantitative estimate of drug-likeness (QED) is 0.861. The molecule has 3 nitrogen and oxygen atoms in total. The molecule has 1 aromatic heterocycles. The van der Waals surface area contributed by atoms with E-state index in [1.807, 2.05) is 6.07 Å². The molecule has 0 saturated heterocycles. The first-order chi connectivity index (χ1) is 8.24. The first-order valence-corrected chi connectivity index (χ1v) is 5.63. The van der Waals surface area contributed by atoms with Crippen LogP contribution in [0.4, 0.5) is 10.2 Å². The van der Waals surface area contributed by atoms with E-state index in [4.69, 9.17) is 5.73 Å². The summed E-state index contributed by atoms with van der Waals surface area (Å²) in [6, 6.07) is 8.23. The lowest BCUT2D eigenvalue weighted by molar-refractivity contribution is 0.628. The molecule has 4 heteroatoms. The Morgan fingerprint density at radius 1 is 1.12 bits per heavy atom. The SMILES string of the molecule is Nc1nnc(C2CC2)cc1-c1ccc(F)cc1. The molecule has 1 fully saturated rings. The molecule has 3 rings (SSSR count). The summed E-state index contributed by atoms with van der Waals surface area (Å²) in [5.41, 5.74) is 8.51. The molecule has 17 heavy (non-hydrogen) atoms. The van der Waals surface area contributed by atoms with E-state index in [0.29, 0.717) is 11.7 Å². The molecule has 2 aromatic rings. The van der Waals surface area contributed by atoms with Crippen molar-refractivity contribution < 1.29 is 4.39 Å². The number of hydrogen-bond donors (Lipinski definition) is 1. The number of benzene rings is 1. The largest absolute Gasteiger partial charge is 0.382 e. The van der Waals surface area contributed by atoms with Crippen LogP contribution < -0.4 is 5.73 Å². The van der Waals surface area contributed by atoms with Gasteiger partial charge in [0.05, 0.1) is 5.69 Å². The van der Waals surface area contributed by atoms with Crippen LogP contribution in [0.3, 0.4) is 0 Å². The van der Waals surface area contributed by atoms with Crippen LogP contribution >= 0.6 is 0 Å². The Kier molecular flexibility index (Phi) is 2.28. The normalized spacial score (nSPS) is 14.9. The third-order valence-electron chi connectivity index (χ3n) is 2.99. The zero-order chi connectivity index (χ0) is 11.8. The second kappa shape index (κ2) is 3.80. The van der Waals surface area contributed by atoms with Crippen LogP contribution in [0, 0.1) is 5.82 Å². The van der Waals surface area contributed by atoms with Gasteiger partial charge in [0.15, 0.2) is 5.82 Å². The minimum atomic E-state index is -0.253. The maximum Gasteiger partial charge on any atom is 0.153 e. The summed E-state index contributed by atoms with van der Waals surface area (Å²) in [5, 5.41) is 8.07. The van der Waals surface area contributed by atoms with Gasteiger partial charge in [-0.3, -0.25) is 0 Å². The van der Waals surface area contributed by atoms with Gasteiger partial charge in [-0.25, -0.2) is 4.39 Å². The topological polar surface area (TPSA) is 51.8 Å². The maximum atomic E-state index is 12.9. The first-order valence-electron chi connectivity index (χ1n) is 5.63. The van der Waals surface area contributed by atoms with E-state index >= 15 is 0 Å². The Morgan fingerprint density at radius 3 is 2.47 bits per heavy atom. The summed E-state index contributed by atoms with van der Waals surface area (Å²) >= 11 is 0. The van der Waals surface area contributed by atoms with Crippen LogP contribution in [0.2, 0.25) is 0 Å².